The number of hydrogen-bond donors (Lipinski definition) is 1. The Morgan fingerprint density at radius 3 is 2.47 bits per heavy atom. The number of pyridine rings is 2. The number of likely N-dealkylation sites (tertiary alicyclic amines) is 1. The first-order valence-electron chi connectivity index (χ1n) is 13.3. The third kappa shape index (κ3) is 7.04. The van der Waals surface area contributed by atoms with Crippen molar-refractivity contribution in [1.29, 1.82) is 0 Å². The Balaban J connectivity index is 1.33. The van der Waals surface area contributed by atoms with E-state index in [0.29, 0.717) is 35.0 Å². The maximum Gasteiger partial charge on any atom is 0.253 e. The number of nitrogens with zero attached hydrogens (tertiary/aromatic N) is 4. The summed E-state index contributed by atoms with van der Waals surface area (Å²) in [6.07, 6.45) is 6.88. The Morgan fingerprint density at radius 1 is 1.11 bits per heavy atom. The van der Waals surface area contributed by atoms with Gasteiger partial charge in [-0.15, -0.1) is 0 Å². The van der Waals surface area contributed by atoms with Crippen LogP contribution in [0.15, 0.2) is 48.8 Å². The molecule has 1 N–H and O–H groups in total. The van der Waals surface area contributed by atoms with Crippen LogP contribution in [0.5, 0.6) is 0 Å². The van der Waals surface area contributed by atoms with Gasteiger partial charge in [-0.25, -0.2) is 4.98 Å². The molecule has 38 heavy (non-hydrogen) atoms. The fourth-order valence-corrected chi connectivity index (χ4v) is 5.76. The molecule has 0 saturated carbocycles. The molecule has 0 radical (unpaired) electrons. The molecule has 1 aliphatic heterocycles. The summed E-state index contributed by atoms with van der Waals surface area (Å²) in [6.45, 7) is 11.6. The molecule has 8 heteroatoms. The van der Waals surface area contributed by atoms with Gasteiger partial charge in [-0.1, -0.05) is 23.2 Å². The van der Waals surface area contributed by atoms with E-state index in [4.69, 9.17) is 23.2 Å². The van der Waals surface area contributed by atoms with Gasteiger partial charge in [-0.3, -0.25) is 9.78 Å². The zero-order valence-corrected chi connectivity index (χ0v) is 24.2. The van der Waals surface area contributed by atoms with Crippen molar-refractivity contribution in [2.45, 2.75) is 65.6 Å². The smallest absolute Gasteiger partial charge is 0.253 e. The first-order valence-corrected chi connectivity index (χ1v) is 14.1. The van der Waals surface area contributed by atoms with Crippen molar-refractivity contribution in [1.82, 2.24) is 20.2 Å². The molecule has 1 aliphatic rings. The van der Waals surface area contributed by atoms with Gasteiger partial charge in [0.05, 0.1) is 11.3 Å². The zero-order valence-electron chi connectivity index (χ0n) is 22.7. The van der Waals surface area contributed by atoms with E-state index in [-0.39, 0.29) is 5.91 Å². The van der Waals surface area contributed by atoms with Crippen LogP contribution in [-0.4, -0.2) is 52.5 Å². The van der Waals surface area contributed by atoms with Crippen LogP contribution in [0.3, 0.4) is 0 Å². The van der Waals surface area contributed by atoms with Crippen molar-refractivity contribution in [3.63, 3.8) is 0 Å². The molecule has 4 rings (SSSR count). The van der Waals surface area contributed by atoms with E-state index in [9.17, 15) is 4.79 Å². The third-order valence-corrected chi connectivity index (χ3v) is 8.10. The van der Waals surface area contributed by atoms with E-state index in [2.05, 4.69) is 57.1 Å². The number of piperidine rings is 1. The number of hydrogen-bond acceptors (Lipinski definition) is 5. The Kier molecular flexibility index (Phi) is 9.64. The largest absolute Gasteiger partial charge is 0.364 e. The second-order valence-corrected chi connectivity index (χ2v) is 11.1. The van der Waals surface area contributed by atoms with Crippen LogP contribution in [0.2, 0.25) is 10.2 Å². The number of carbonyl (C=O) groups excluding carboxylic acids is 1. The highest BCUT2D eigenvalue weighted by Gasteiger charge is 2.27. The molecule has 1 fully saturated rings. The second kappa shape index (κ2) is 12.9. The predicted octanol–water partition coefficient (Wildman–Crippen LogP) is 6.39. The van der Waals surface area contributed by atoms with Crippen LogP contribution in [-0.2, 0) is 6.54 Å². The first-order chi connectivity index (χ1) is 18.2. The Bertz CT molecular complexity index is 1220. The van der Waals surface area contributed by atoms with E-state index in [1.54, 1.807) is 6.07 Å². The van der Waals surface area contributed by atoms with Crippen LogP contribution in [0.1, 0.15) is 58.9 Å². The van der Waals surface area contributed by atoms with Gasteiger partial charge in [0.1, 0.15) is 5.15 Å². The number of halogens is 2. The first kappa shape index (κ1) is 28.3. The van der Waals surface area contributed by atoms with Gasteiger partial charge in [0, 0.05) is 61.4 Å². The number of nitrogens with one attached hydrogen (secondary N) is 1. The number of anilines is 1. The van der Waals surface area contributed by atoms with Gasteiger partial charge in [-0.05, 0) is 100 Å². The van der Waals surface area contributed by atoms with Crippen molar-refractivity contribution in [3.8, 4) is 0 Å². The summed E-state index contributed by atoms with van der Waals surface area (Å²) in [4.78, 5) is 26.4. The SMILES string of the molecule is Cc1ccncc1CN(c1ccc(Cl)cc1)C1CCN([C@H](C)CCNC(=O)c2c(C)cc(Cl)nc2C)CC1. The summed E-state index contributed by atoms with van der Waals surface area (Å²) in [6, 6.07) is 12.8. The van der Waals surface area contributed by atoms with E-state index >= 15 is 0 Å². The van der Waals surface area contributed by atoms with Crippen molar-refractivity contribution in [3.05, 3.63) is 86.9 Å². The van der Waals surface area contributed by atoms with Crippen molar-refractivity contribution in [2.24, 2.45) is 0 Å². The number of carbonyl (C=O) groups is 1. The Morgan fingerprint density at radius 2 is 1.82 bits per heavy atom. The summed E-state index contributed by atoms with van der Waals surface area (Å²) in [7, 11) is 0. The second-order valence-electron chi connectivity index (χ2n) is 10.3. The molecular formula is C30H37Cl2N5O. The van der Waals surface area contributed by atoms with E-state index in [1.807, 2.05) is 38.4 Å². The normalized spacial score (nSPS) is 15.3. The molecule has 202 valence electrons. The number of amides is 1. The fraction of sp³-hybridized carbons (Fsp3) is 0.433. The van der Waals surface area contributed by atoms with Crippen LogP contribution < -0.4 is 10.2 Å². The molecule has 0 bridgehead atoms. The summed E-state index contributed by atoms with van der Waals surface area (Å²) >= 11 is 12.2. The minimum absolute atomic E-state index is 0.0839. The van der Waals surface area contributed by atoms with Crippen molar-refractivity contribution < 1.29 is 4.79 Å². The monoisotopic (exact) mass is 553 g/mol. The lowest BCUT2D eigenvalue weighted by Gasteiger charge is -2.42. The topological polar surface area (TPSA) is 61.4 Å². The summed E-state index contributed by atoms with van der Waals surface area (Å²) in [5.41, 5.74) is 5.82. The van der Waals surface area contributed by atoms with Crippen LogP contribution in [0, 0.1) is 20.8 Å². The minimum atomic E-state index is -0.0839. The molecule has 0 aliphatic carbocycles. The molecule has 2 aromatic heterocycles. The number of rotatable bonds is 9. The summed E-state index contributed by atoms with van der Waals surface area (Å²) in [5.74, 6) is -0.0839. The highest BCUT2D eigenvalue weighted by atomic mass is 35.5. The molecular weight excluding hydrogens is 517 g/mol. The fourth-order valence-electron chi connectivity index (χ4n) is 5.34. The number of aromatic nitrogens is 2. The van der Waals surface area contributed by atoms with Crippen molar-refractivity contribution in [2.75, 3.05) is 24.5 Å². The quantitative estimate of drug-likeness (QED) is 0.311. The minimum Gasteiger partial charge on any atom is -0.364 e. The van der Waals surface area contributed by atoms with Gasteiger partial charge < -0.3 is 15.1 Å². The van der Waals surface area contributed by atoms with Gasteiger partial charge in [0.2, 0.25) is 0 Å². The molecule has 0 spiro atoms. The van der Waals surface area contributed by atoms with E-state index in [1.165, 1.54) is 16.8 Å². The lowest BCUT2D eigenvalue weighted by molar-refractivity contribution is 0.0943. The molecule has 1 aromatic carbocycles. The highest BCUT2D eigenvalue weighted by Crippen LogP contribution is 2.28. The van der Waals surface area contributed by atoms with Gasteiger partial charge in [0.15, 0.2) is 0 Å². The molecule has 1 amide bonds. The Labute approximate surface area is 236 Å². The van der Waals surface area contributed by atoms with Crippen LogP contribution in [0.4, 0.5) is 5.69 Å². The van der Waals surface area contributed by atoms with E-state index < -0.39 is 0 Å². The van der Waals surface area contributed by atoms with Gasteiger partial charge in [-0.2, -0.15) is 0 Å². The molecule has 0 unspecified atom stereocenters. The standard InChI is InChI=1S/C30H37Cl2N5O/c1-20-9-13-33-18-24(20)19-37(26-7-5-25(31)6-8-26)27-11-15-36(16-12-27)22(3)10-14-34-30(38)29-21(2)17-28(32)35-23(29)4/h5-9,13,17-18,22,27H,10-12,14-16,19H2,1-4H3,(H,34,38)/t22-/m1/s1. The number of benzene rings is 1. The maximum atomic E-state index is 12.8. The lowest BCUT2D eigenvalue weighted by Crippen LogP contribution is -2.48. The summed E-state index contributed by atoms with van der Waals surface area (Å²) < 4.78 is 0. The zero-order chi connectivity index (χ0) is 27.2. The lowest BCUT2D eigenvalue weighted by atomic mass is 9.99. The molecule has 3 aromatic rings. The van der Waals surface area contributed by atoms with Crippen LogP contribution in [0.25, 0.3) is 0 Å². The number of aryl methyl sites for hydroxylation is 3. The molecule has 1 atom stereocenters. The van der Waals surface area contributed by atoms with Gasteiger partial charge >= 0.3 is 0 Å². The summed E-state index contributed by atoms with van der Waals surface area (Å²) in [5, 5.41) is 4.25. The average molecular weight is 555 g/mol. The Hall–Kier alpha value is -2.67. The molecule has 6 nitrogen and oxygen atoms in total. The average Bonchev–Trinajstić information content (AvgIpc) is 2.88. The molecule has 3 heterocycles. The van der Waals surface area contributed by atoms with Gasteiger partial charge in [0.25, 0.3) is 5.91 Å². The van der Waals surface area contributed by atoms with E-state index in [0.717, 1.165) is 49.5 Å². The van der Waals surface area contributed by atoms with Crippen molar-refractivity contribution >= 4 is 34.8 Å². The molecule has 1 saturated heterocycles. The predicted molar refractivity (Wildman–Crippen MR) is 156 cm³/mol. The van der Waals surface area contributed by atoms with Crippen LogP contribution >= 0.6 is 23.2 Å². The third-order valence-electron chi connectivity index (χ3n) is 7.65. The maximum absolute atomic E-state index is 12.8. The highest BCUT2D eigenvalue weighted by molar-refractivity contribution is 6.30.